The summed E-state index contributed by atoms with van der Waals surface area (Å²) in [6.45, 7) is 4.44. The monoisotopic (exact) mass is 197 g/mol. The average Bonchev–Trinajstić information content (AvgIpc) is 2.18. The average molecular weight is 197 g/mol. The molecule has 1 unspecified atom stereocenters. The van der Waals surface area contributed by atoms with Crippen molar-refractivity contribution in [2.75, 3.05) is 6.61 Å². The van der Waals surface area contributed by atoms with Gasteiger partial charge in [-0.05, 0) is 32.3 Å². The van der Waals surface area contributed by atoms with Crippen molar-refractivity contribution < 1.29 is 9.53 Å². The maximum absolute atomic E-state index is 11.9. The minimum atomic E-state index is -0.766. The van der Waals surface area contributed by atoms with Gasteiger partial charge in [-0.2, -0.15) is 0 Å². The lowest BCUT2D eigenvalue weighted by Gasteiger charge is -2.25. The quantitative estimate of drug-likeness (QED) is 0.747. The first-order chi connectivity index (χ1) is 6.58. The van der Waals surface area contributed by atoms with E-state index in [0.29, 0.717) is 18.8 Å². The number of ketones is 1. The summed E-state index contributed by atoms with van der Waals surface area (Å²) in [5.41, 5.74) is 5.17. The van der Waals surface area contributed by atoms with Crippen LogP contribution in [0.4, 0.5) is 0 Å². The Kier molecular flexibility index (Phi) is 3.69. The fourth-order valence-electron chi connectivity index (χ4n) is 1.63. The largest absolute Gasteiger partial charge is 0.490 e. The predicted octanol–water partition coefficient (Wildman–Crippen LogP) is 1.77. The lowest BCUT2D eigenvalue weighted by molar-refractivity contribution is -0.124. The molecule has 1 aliphatic rings. The van der Waals surface area contributed by atoms with Crippen molar-refractivity contribution in [3.05, 3.63) is 11.8 Å². The van der Waals surface area contributed by atoms with Crippen LogP contribution < -0.4 is 5.73 Å². The van der Waals surface area contributed by atoms with Crippen LogP contribution in [0.2, 0.25) is 0 Å². The van der Waals surface area contributed by atoms with Crippen LogP contribution in [-0.4, -0.2) is 17.9 Å². The van der Waals surface area contributed by atoms with E-state index < -0.39 is 5.54 Å². The molecule has 2 N–H and O–H groups in total. The van der Waals surface area contributed by atoms with E-state index in [-0.39, 0.29) is 5.78 Å². The van der Waals surface area contributed by atoms with E-state index in [4.69, 9.17) is 10.5 Å². The summed E-state index contributed by atoms with van der Waals surface area (Å²) in [7, 11) is 0. The van der Waals surface area contributed by atoms with Crippen LogP contribution in [0.15, 0.2) is 11.8 Å². The lowest BCUT2D eigenvalue weighted by Crippen LogP contribution is -2.46. The molecule has 0 aromatic carbocycles. The fraction of sp³-hybridized carbons (Fsp3) is 0.727. The molecule has 3 heteroatoms. The molecule has 1 rings (SSSR count). The highest BCUT2D eigenvalue weighted by Crippen LogP contribution is 2.19. The van der Waals surface area contributed by atoms with Gasteiger partial charge in [0.15, 0.2) is 5.76 Å². The number of carbonyl (C=O) groups is 1. The van der Waals surface area contributed by atoms with Gasteiger partial charge in [0, 0.05) is 0 Å². The van der Waals surface area contributed by atoms with E-state index >= 15 is 0 Å². The smallest absolute Gasteiger partial charge is 0.216 e. The highest BCUT2D eigenvalue weighted by atomic mass is 16.5. The van der Waals surface area contributed by atoms with Crippen LogP contribution in [0.1, 0.15) is 39.5 Å². The molecule has 0 aliphatic carbocycles. The summed E-state index contributed by atoms with van der Waals surface area (Å²) in [5, 5.41) is 0. The van der Waals surface area contributed by atoms with Crippen LogP contribution >= 0.6 is 0 Å². The molecule has 0 bridgehead atoms. The van der Waals surface area contributed by atoms with Crippen LogP contribution in [0.25, 0.3) is 0 Å². The van der Waals surface area contributed by atoms with Crippen molar-refractivity contribution in [3.63, 3.8) is 0 Å². The fourth-order valence-corrected chi connectivity index (χ4v) is 1.63. The molecule has 1 aliphatic heterocycles. The highest BCUT2D eigenvalue weighted by molar-refractivity contribution is 6.00. The Morgan fingerprint density at radius 1 is 1.71 bits per heavy atom. The number of carbonyl (C=O) groups excluding carboxylic acids is 1. The van der Waals surface area contributed by atoms with Gasteiger partial charge in [0.25, 0.3) is 0 Å². The molecule has 0 aromatic rings. The SMILES string of the molecule is CCCC(C)(N)C(=O)C1=CCCCO1. The van der Waals surface area contributed by atoms with Crippen LogP contribution in [0.5, 0.6) is 0 Å². The van der Waals surface area contributed by atoms with Gasteiger partial charge >= 0.3 is 0 Å². The molecule has 0 saturated carbocycles. The molecular weight excluding hydrogens is 178 g/mol. The number of hydrogen-bond acceptors (Lipinski definition) is 3. The standard InChI is InChI=1S/C11H19NO2/c1-3-7-11(2,12)10(13)9-6-4-5-8-14-9/h6H,3-5,7-8,12H2,1-2H3. The first-order valence-corrected chi connectivity index (χ1v) is 5.24. The second kappa shape index (κ2) is 4.60. The van der Waals surface area contributed by atoms with E-state index in [1.165, 1.54) is 0 Å². The van der Waals surface area contributed by atoms with Gasteiger partial charge in [0.1, 0.15) is 0 Å². The summed E-state index contributed by atoms with van der Waals surface area (Å²) in [6.07, 6.45) is 5.38. The van der Waals surface area contributed by atoms with Gasteiger partial charge in [-0.1, -0.05) is 13.3 Å². The van der Waals surface area contributed by atoms with Gasteiger partial charge in [0.2, 0.25) is 5.78 Å². The molecule has 1 heterocycles. The molecule has 14 heavy (non-hydrogen) atoms. The number of hydrogen-bond donors (Lipinski definition) is 1. The second-order valence-electron chi connectivity index (χ2n) is 4.06. The number of rotatable bonds is 4. The Hall–Kier alpha value is -0.830. The Balaban J connectivity index is 2.67. The Labute approximate surface area is 85.3 Å². The Morgan fingerprint density at radius 3 is 2.93 bits per heavy atom. The van der Waals surface area contributed by atoms with Crippen LogP contribution in [-0.2, 0) is 9.53 Å². The second-order valence-corrected chi connectivity index (χ2v) is 4.06. The molecule has 0 amide bonds. The maximum Gasteiger partial charge on any atom is 0.216 e. The normalized spacial score (nSPS) is 20.6. The van der Waals surface area contributed by atoms with Crippen molar-refractivity contribution in [1.82, 2.24) is 0 Å². The van der Waals surface area contributed by atoms with Crippen molar-refractivity contribution >= 4 is 5.78 Å². The molecule has 0 spiro atoms. The number of ether oxygens (including phenoxy) is 1. The summed E-state index contributed by atoms with van der Waals surface area (Å²) < 4.78 is 5.30. The van der Waals surface area contributed by atoms with Gasteiger partial charge in [-0.3, -0.25) is 4.79 Å². The zero-order valence-electron chi connectivity index (χ0n) is 9.01. The van der Waals surface area contributed by atoms with Crippen LogP contribution in [0, 0.1) is 0 Å². The van der Waals surface area contributed by atoms with Gasteiger partial charge in [0.05, 0.1) is 12.1 Å². The molecule has 0 saturated heterocycles. The number of Topliss-reactive ketones (excluding diaryl/α,β-unsaturated/α-hetero) is 1. The maximum atomic E-state index is 11.9. The van der Waals surface area contributed by atoms with Gasteiger partial charge < -0.3 is 10.5 Å². The first kappa shape index (κ1) is 11.2. The molecule has 3 nitrogen and oxygen atoms in total. The minimum absolute atomic E-state index is 0.0564. The van der Waals surface area contributed by atoms with Crippen molar-refractivity contribution in [1.29, 1.82) is 0 Å². The molecule has 80 valence electrons. The van der Waals surface area contributed by atoms with Crippen molar-refractivity contribution in [2.24, 2.45) is 5.73 Å². The van der Waals surface area contributed by atoms with Crippen molar-refractivity contribution in [3.8, 4) is 0 Å². The molecule has 0 aromatic heterocycles. The number of nitrogens with two attached hydrogens (primary N) is 1. The summed E-state index contributed by atoms with van der Waals surface area (Å²) in [6, 6.07) is 0. The topological polar surface area (TPSA) is 52.3 Å². The third-order valence-corrected chi connectivity index (χ3v) is 2.45. The van der Waals surface area contributed by atoms with Gasteiger partial charge in [-0.15, -0.1) is 0 Å². The predicted molar refractivity (Wildman–Crippen MR) is 55.8 cm³/mol. The molecule has 0 radical (unpaired) electrons. The van der Waals surface area contributed by atoms with Gasteiger partial charge in [-0.25, -0.2) is 0 Å². The van der Waals surface area contributed by atoms with Crippen molar-refractivity contribution in [2.45, 2.75) is 45.1 Å². The van der Waals surface area contributed by atoms with E-state index in [1.807, 2.05) is 13.0 Å². The third kappa shape index (κ3) is 2.58. The third-order valence-electron chi connectivity index (χ3n) is 2.45. The molecule has 0 fully saturated rings. The van der Waals surface area contributed by atoms with E-state index in [0.717, 1.165) is 19.3 Å². The summed E-state index contributed by atoms with van der Waals surface area (Å²) in [4.78, 5) is 11.9. The first-order valence-electron chi connectivity index (χ1n) is 5.24. The summed E-state index contributed by atoms with van der Waals surface area (Å²) >= 11 is 0. The Bertz CT molecular complexity index is 244. The zero-order chi connectivity index (χ0) is 10.6. The van der Waals surface area contributed by atoms with E-state index in [2.05, 4.69) is 0 Å². The zero-order valence-corrected chi connectivity index (χ0v) is 9.01. The Morgan fingerprint density at radius 2 is 2.43 bits per heavy atom. The molecular formula is C11H19NO2. The van der Waals surface area contributed by atoms with Crippen LogP contribution in [0.3, 0.4) is 0 Å². The molecule has 1 atom stereocenters. The van der Waals surface area contributed by atoms with E-state index in [9.17, 15) is 4.79 Å². The summed E-state index contributed by atoms with van der Waals surface area (Å²) in [5.74, 6) is 0.411. The lowest BCUT2D eigenvalue weighted by atomic mass is 9.90. The highest BCUT2D eigenvalue weighted by Gasteiger charge is 2.31. The van der Waals surface area contributed by atoms with E-state index in [1.54, 1.807) is 6.92 Å². The minimum Gasteiger partial charge on any atom is -0.490 e. The number of allylic oxidation sites excluding steroid dienone is 1.